The van der Waals surface area contributed by atoms with Crippen molar-refractivity contribution < 1.29 is 22.1 Å². The maximum absolute atomic E-state index is 11.8. The molecule has 0 aromatic carbocycles. The van der Waals surface area contributed by atoms with Crippen molar-refractivity contribution in [1.82, 2.24) is 4.67 Å². The molecule has 2 aliphatic rings. The predicted molar refractivity (Wildman–Crippen MR) is 75.1 cm³/mol. The van der Waals surface area contributed by atoms with Crippen LogP contribution in [0.15, 0.2) is 0 Å². The first-order valence-electron chi connectivity index (χ1n) is 6.63. The summed E-state index contributed by atoms with van der Waals surface area (Å²) < 4.78 is 36.5. The Balaban J connectivity index is 1.83. The van der Waals surface area contributed by atoms with Gasteiger partial charge in [-0.15, -0.1) is 0 Å². The maximum atomic E-state index is 11.8. The van der Waals surface area contributed by atoms with Gasteiger partial charge in [0.1, 0.15) is 5.60 Å². The topological polar surface area (TPSA) is 83.8 Å². The zero-order valence-corrected chi connectivity index (χ0v) is 13.0. The molecule has 1 aliphatic heterocycles. The Hall–Kier alpha value is -1.17. The molecular weight excluding hydrogens is 282 g/mol. The van der Waals surface area contributed by atoms with Gasteiger partial charge >= 0.3 is 17.4 Å². The molecule has 7 heteroatoms. The van der Waals surface area contributed by atoms with E-state index in [1.54, 1.807) is 20.8 Å². The summed E-state index contributed by atoms with van der Waals surface area (Å²) >= 11 is 0. The zero-order chi connectivity index (χ0) is 15.1. The second-order valence-corrected chi connectivity index (χ2v) is 7.88. The van der Waals surface area contributed by atoms with Gasteiger partial charge in [-0.25, -0.2) is 4.79 Å². The fourth-order valence-electron chi connectivity index (χ4n) is 2.38. The largest absolute Gasteiger partial charge is 0.495 e. The standard InChI is InChI=1S/C13H20NO5S/c1-13(2,3)18-12(15)11-10(14-11)8-5-6-9(7-8)19-20(4,16)17/h8-9H,5-7H2,1-4H3/q+1/t8?,9-/m1/s1. The van der Waals surface area contributed by atoms with Crippen LogP contribution in [-0.2, 0) is 23.8 Å². The van der Waals surface area contributed by atoms with Gasteiger partial charge in [0.15, 0.2) is 0 Å². The van der Waals surface area contributed by atoms with Crippen LogP contribution in [0.3, 0.4) is 0 Å². The van der Waals surface area contributed by atoms with Crippen molar-refractivity contribution in [2.45, 2.75) is 51.7 Å². The molecular formula is C13H20NO5S+. The van der Waals surface area contributed by atoms with E-state index in [1.807, 2.05) is 0 Å². The second kappa shape index (κ2) is 4.98. The Morgan fingerprint density at radius 2 is 1.95 bits per heavy atom. The third-order valence-electron chi connectivity index (χ3n) is 3.10. The molecule has 0 bridgehead atoms. The lowest BCUT2D eigenvalue weighted by molar-refractivity contribution is -0.145. The molecule has 1 heterocycles. The summed E-state index contributed by atoms with van der Waals surface area (Å²) in [6.45, 7) is 5.41. The Kier molecular flexibility index (Phi) is 3.79. The van der Waals surface area contributed by atoms with Crippen LogP contribution in [0.1, 0.15) is 40.0 Å². The van der Waals surface area contributed by atoms with Gasteiger partial charge < -0.3 is 4.74 Å². The molecule has 0 N–H and O–H groups in total. The predicted octanol–water partition coefficient (Wildman–Crippen LogP) is 0.436. The lowest BCUT2D eigenvalue weighted by Gasteiger charge is -2.16. The van der Waals surface area contributed by atoms with E-state index >= 15 is 0 Å². The third-order valence-corrected chi connectivity index (χ3v) is 3.72. The number of esters is 1. The maximum Gasteiger partial charge on any atom is 0.495 e. The summed E-state index contributed by atoms with van der Waals surface area (Å²) in [4.78, 5) is 11.8. The van der Waals surface area contributed by atoms with Crippen LogP contribution in [0.2, 0.25) is 0 Å². The average molecular weight is 302 g/mol. The highest BCUT2D eigenvalue weighted by molar-refractivity contribution is 7.86. The van der Waals surface area contributed by atoms with Crippen molar-refractivity contribution in [1.29, 1.82) is 0 Å². The number of nitrogens with zero attached hydrogens (tertiary/aromatic N) is 1. The van der Waals surface area contributed by atoms with Crippen molar-refractivity contribution in [3.05, 3.63) is 0 Å². The summed E-state index contributed by atoms with van der Waals surface area (Å²) in [6, 6.07) is 0. The first-order valence-corrected chi connectivity index (χ1v) is 8.44. The molecule has 0 saturated heterocycles. The highest BCUT2D eigenvalue weighted by atomic mass is 32.2. The molecule has 1 saturated carbocycles. The van der Waals surface area contributed by atoms with E-state index in [4.69, 9.17) is 8.92 Å². The van der Waals surface area contributed by atoms with E-state index in [-0.39, 0.29) is 12.0 Å². The summed E-state index contributed by atoms with van der Waals surface area (Å²) in [5.74, 6) is -0.302. The van der Waals surface area contributed by atoms with Gasteiger partial charge in [-0.05, 0) is 40.0 Å². The van der Waals surface area contributed by atoms with E-state index in [1.165, 1.54) is 0 Å². The van der Waals surface area contributed by atoms with Crippen LogP contribution in [-0.4, -0.2) is 43.8 Å². The Morgan fingerprint density at radius 1 is 1.30 bits per heavy atom. The van der Waals surface area contributed by atoms with Gasteiger partial charge in [0, 0.05) is 0 Å². The molecule has 1 fully saturated rings. The molecule has 112 valence electrons. The average Bonchev–Trinajstić information content (AvgIpc) is 2.89. The highest BCUT2D eigenvalue weighted by Crippen LogP contribution is 2.31. The fourth-order valence-corrected chi connectivity index (χ4v) is 3.05. The van der Waals surface area contributed by atoms with Gasteiger partial charge in [0.25, 0.3) is 10.1 Å². The lowest BCUT2D eigenvalue weighted by Crippen LogP contribution is -2.29. The highest BCUT2D eigenvalue weighted by Gasteiger charge is 2.55. The van der Waals surface area contributed by atoms with Crippen molar-refractivity contribution in [3.63, 3.8) is 0 Å². The normalized spacial score (nSPS) is 26.0. The Labute approximate surface area is 119 Å². The molecule has 6 nitrogen and oxygen atoms in total. The van der Waals surface area contributed by atoms with Crippen LogP contribution in [0.5, 0.6) is 0 Å². The summed E-state index contributed by atoms with van der Waals surface area (Å²) in [7, 11) is -3.43. The number of hydrogen-bond acceptors (Lipinski definition) is 5. The number of carbonyl (C=O) groups excluding carboxylic acids is 1. The zero-order valence-electron chi connectivity index (χ0n) is 12.2. The lowest BCUT2D eigenvalue weighted by atomic mass is 10.0. The number of hydrogen-bond donors (Lipinski definition) is 0. The second-order valence-electron chi connectivity index (χ2n) is 6.28. The molecule has 20 heavy (non-hydrogen) atoms. The number of rotatable bonds is 4. The van der Waals surface area contributed by atoms with Crippen molar-refractivity contribution in [2.24, 2.45) is 5.92 Å². The molecule has 0 radical (unpaired) electrons. The van der Waals surface area contributed by atoms with Gasteiger partial charge in [-0.3, -0.25) is 4.18 Å². The quantitative estimate of drug-likeness (QED) is 0.427. The van der Waals surface area contributed by atoms with E-state index in [0.717, 1.165) is 18.4 Å². The minimum atomic E-state index is -3.43. The number of carbonyl (C=O) groups is 1. The van der Waals surface area contributed by atoms with Crippen LogP contribution < -0.4 is 4.67 Å². The van der Waals surface area contributed by atoms with Crippen LogP contribution in [0.25, 0.3) is 0 Å². The van der Waals surface area contributed by atoms with Gasteiger partial charge in [-0.1, -0.05) is 4.67 Å². The van der Waals surface area contributed by atoms with Gasteiger partial charge in [0.05, 0.1) is 18.3 Å². The number of ether oxygens (including phenoxy) is 1. The van der Waals surface area contributed by atoms with E-state index < -0.39 is 21.7 Å². The first-order chi connectivity index (χ1) is 9.05. The summed E-state index contributed by atoms with van der Waals surface area (Å²) in [5, 5.41) is 0. The molecule has 0 amide bonds. The monoisotopic (exact) mass is 302 g/mol. The molecule has 0 aromatic rings. The van der Waals surface area contributed by atoms with E-state index in [9.17, 15) is 13.2 Å². The van der Waals surface area contributed by atoms with Gasteiger partial charge in [-0.2, -0.15) is 8.42 Å². The van der Waals surface area contributed by atoms with E-state index in [0.29, 0.717) is 18.6 Å². The van der Waals surface area contributed by atoms with Crippen molar-refractivity contribution in [2.75, 3.05) is 6.26 Å². The SMILES string of the molecule is CC(C)(C)OC(=O)C1=[N+]=C1C1CC[C@@H](OS(C)(=O)=O)C1. The van der Waals surface area contributed by atoms with Gasteiger partial charge in [0.2, 0.25) is 0 Å². The Bertz CT molecular complexity index is 593. The van der Waals surface area contributed by atoms with Crippen LogP contribution in [0.4, 0.5) is 0 Å². The third kappa shape index (κ3) is 4.16. The van der Waals surface area contributed by atoms with Crippen molar-refractivity contribution >= 4 is 27.5 Å². The molecule has 2 rings (SSSR count). The molecule has 1 aliphatic carbocycles. The summed E-state index contributed by atoms with van der Waals surface area (Å²) in [5.41, 5.74) is 0.606. The minimum Gasteiger partial charge on any atom is -0.451 e. The van der Waals surface area contributed by atoms with Crippen LogP contribution >= 0.6 is 0 Å². The van der Waals surface area contributed by atoms with E-state index in [2.05, 4.69) is 4.67 Å². The van der Waals surface area contributed by atoms with Crippen molar-refractivity contribution in [3.8, 4) is 0 Å². The smallest absolute Gasteiger partial charge is 0.451 e. The fraction of sp³-hybridized carbons (Fsp3) is 0.769. The minimum absolute atomic E-state index is 0.101. The Morgan fingerprint density at radius 3 is 2.50 bits per heavy atom. The summed E-state index contributed by atoms with van der Waals surface area (Å²) in [6.07, 6.45) is 2.77. The molecule has 0 spiro atoms. The molecule has 2 atom stereocenters. The first kappa shape index (κ1) is 15.2. The molecule has 0 aromatic heterocycles. The molecule has 1 unspecified atom stereocenters. The van der Waals surface area contributed by atoms with Crippen LogP contribution in [0, 0.1) is 5.92 Å².